The second kappa shape index (κ2) is 5.33. The number of H-pyrrole nitrogens is 1. The van der Waals surface area contributed by atoms with Gasteiger partial charge >= 0.3 is 0 Å². The van der Waals surface area contributed by atoms with Gasteiger partial charge in [-0.1, -0.05) is 0 Å². The molecule has 1 spiro atoms. The lowest BCUT2D eigenvalue weighted by molar-refractivity contribution is -0.145. The van der Waals surface area contributed by atoms with Gasteiger partial charge in [0, 0.05) is 36.1 Å². The molecular weight excluding hydrogens is 304 g/mol. The summed E-state index contributed by atoms with van der Waals surface area (Å²) in [6.45, 7) is 1.37. The molecule has 1 aromatic rings. The molecule has 24 heavy (non-hydrogen) atoms. The standard InChI is InChI=1S/C19H26N2O3/c22-16-10-15(19(16)5-7-24-8-6-19)21-18(23)13-9-14(11-1-2-11)20-17(13)12-3-4-12/h9,11-12,15-16,20,22H,1-8,10H2,(H,21,23)/t15-,16-/m1/s1. The van der Waals surface area contributed by atoms with Crippen molar-refractivity contribution >= 4 is 5.91 Å². The van der Waals surface area contributed by atoms with Crippen molar-refractivity contribution < 1.29 is 14.6 Å². The molecule has 3 N–H and O–H groups in total. The minimum absolute atomic E-state index is 0.0443. The topological polar surface area (TPSA) is 74.3 Å². The Hall–Kier alpha value is -1.33. The van der Waals surface area contributed by atoms with Crippen molar-refractivity contribution in [2.75, 3.05) is 13.2 Å². The van der Waals surface area contributed by atoms with Gasteiger partial charge in [-0.2, -0.15) is 0 Å². The highest BCUT2D eigenvalue weighted by Crippen LogP contribution is 2.49. The maximum atomic E-state index is 12.9. The van der Waals surface area contributed by atoms with E-state index in [1.54, 1.807) is 0 Å². The molecule has 1 saturated heterocycles. The highest BCUT2D eigenvalue weighted by molar-refractivity contribution is 5.96. The molecule has 4 fully saturated rings. The van der Waals surface area contributed by atoms with Gasteiger partial charge in [0.1, 0.15) is 0 Å². The smallest absolute Gasteiger partial charge is 0.253 e. The summed E-state index contributed by atoms with van der Waals surface area (Å²) < 4.78 is 5.45. The Balaban J connectivity index is 1.35. The number of amides is 1. The number of aliphatic hydroxyl groups is 1. The van der Waals surface area contributed by atoms with Crippen molar-refractivity contribution in [1.29, 1.82) is 0 Å². The van der Waals surface area contributed by atoms with E-state index in [0.29, 0.717) is 31.5 Å². The van der Waals surface area contributed by atoms with Crippen molar-refractivity contribution in [3.63, 3.8) is 0 Å². The zero-order valence-corrected chi connectivity index (χ0v) is 14.0. The fraction of sp³-hybridized carbons (Fsp3) is 0.737. The Morgan fingerprint density at radius 3 is 2.54 bits per heavy atom. The number of carbonyl (C=O) groups is 1. The number of aromatic amines is 1. The molecule has 1 amide bonds. The maximum Gasteiger partial charge on any atom is 0.253 e. The monoisotopic (exact) mass is 330 g/mol. The van der Waals surface area contributed by atoms with Crippen molar-refractivity contribution in [3.05, 3.63) is 23.0 Å². The van der Waals surface area contributed by atoms with Crippen LogP contribution in [0.25, 0.3) is 0 Å². The summed E-state index contributed by atoms with van der Waals surface area (Å²) in [5, 5.41) is 13.5. The van der Waals surface area contributed by atoms with Crippen LogP contribution in [0.5, 0.6) is 0 Å². The second-order valence-corrected chi connectivity index (χ2v) is 8.22. The molecule has 5 nitrogen and oxygen atoms in total. The van der Waals surface area contributed by atoms with Gasteiger partial charge in [0.25, 0.3) is 5.91 Å². The molecule has 1 aromatic heterocycles. The van der Waals surface area contributed by atoms with E-state index in [0.717, 1.165) is 24.1 Å². The largest absolute Gasteiger partial charge is 0.392 e. The summed E-state index contributed by atoms with van der Waals surface area (Å²) in [4.78, 5) is 16.5. The molecule has 130 valence electrons. The number of nitrogens with one attached hydrogen (secondary N) is 2. The van der Waals surface area contributed by atoms with Crippen LogP contribution in [0.4, 0.5) is 0 Å². The van der Waals surface area contributed by atoms with Crippen LogP contribution in [0.1, 0.15) is 78.5 Å². The minimum atomic E-state index is -0.303. The molecule has 1 aliphatic heterocycles. The third-order valence-electron chi connectivity index (χ3n) is 6.66. The highest BCUT2D eigenvalue weighted by Gasteiger charge is 2.55. The molecule has 4 aliphatic rings. The number of hydrogen-bond donors (Lipinski definition) is 3. The third-order valence-corrected chi connectivity index (χ3v) is 6.66. The van der Waals surface area contributed by atoms with E-state index in [1.165, 1.54) is 31.4 Å². The average Bonchev–Trinajstić information content (AvgIpc) is 3.53. The third kappa shape index (κ3) is 2.32. The summed E-state index contributed by atoms with van der Waals surface area (Å²) in [7, 11) is 0. The van der Waals surface area contributed by atoms with Gasteiger partial charge in [0.15, 0.2) is 0 Å². The lowest BCUT2D eigenvalue weighted by atomic mass is 9.58. The quantitative estimate of drug-likeness (QED) is 0.794. The van der Waals surface area contributed by atoms with Crippen molar-refractivity contribution in [2.45, 2.75) is 68.9 Å². The summed E-state index contributed by atoms with van der Waals surface area (Å²) in [6.07, 6.45) is 6.91. The van der Waals surface area contributed by atoms with E-state index in [1.807, 2.05) is 0 Å². The molecule has 5 rings (SSSR count). The van der Waals surface area contributed by atoms with Crippen LogP contribution in [-0.4, -0.2) is 41.4 Å². The minimum Gasteiger partial charge on any atom is -0.392 e. The first-order valence-corrected chi connectivity index (χ1v) is 9.47. The van der Waals surface area contributed by atoms with E-state index in [-0.39, 0.29) is 23.5 Å². The number of aliphatic hydroxyl groups excluding tert-OH is 1. The fourth-order valence-electron chi connectivity index (χ4n) is 4.62. The molecule has 0 bridgehead atoms. The first kappa shape index (κ1) is 15.0. The lowest BCUT2D eigenvalue weighted by Gasteiger charge is -2.55. The summed E-state index contributed by atoms with van der Waals surface area (Å²) in [5.74, 6) is 1.22. The number of aromatic nitrogens is 1. The Morgan fingerprint density at radius 1 is 1.21 bits per heavy atom. The summed E-state index contributed by atoms with van der Waals surface area (Å²) in [6, 6.07) is 2.17. The number of carbonyl (C=O) groups excluding carboxylic acids is 1. The fourth-order valence-corrected chi connectivity index (χ4v) is 4.62. The van der Waals surface area contributed by atoms with Gasteiger partial charge in [-0.3, -0.25) is 4.79 Å². The van der Waals surface area contributed by atoms with Crippen LogP contribution in [0, 0.1) is 5.41 Å². The Morgan fingerprint density at radius 2 is 1.92 bits per heavy atom. The zero-order valence-electron chi connectivity index (χ0n) is 14.0. The molecule has 2 atom stereocenters. The van der Waals surface area contributed by atoms with Gasteiger partial charge in [0.05, 0.1) is 11.7 Å². The van der Waals surface area contributed by atoms with E-state index in [2.05, 4.69) is 16.4 Å². The molecule has 0 radical (unpaired) electrons. The van der Waals surface area contributed by atoms with Gasteiger partial charge in [-0.25, -0.2) is 0 Å². The molecule has 2 heterocycles. The number of hydrogen-bond acceptors (Lipinski definition) is 3. The molecule has 3 aliphatic carbocycles. The van der Waals surface area contributed by atoms with Crippen LogP contribution in [0.15, 0.2) is 6.07 Å². The Labute approximate surface area is 142 Å². The van der Waals surface area contributed by atoms with Crippen LogP contribution in [-0.2, 0) is 4.74 Å². The van der Waals surface area contributed by atoms with Crippen molar-refractivity contribution in [1.82, 2.24) is 10.3 Å². The molecule has 0 unspecified atom stereocenters. The Bertz CT molecular complexity index is 654. The van der Waals surface area contributed by atoms with Gasteiger partial charge in [-0.15, -0.1) is 0 Å². The normalized spacial score (nSPS) is 31.7. The number of ether oxygens (including phenoxy) is 1. The van der Waals surface area contributed by atoms with Crippen LogP contribution >= 0.6 is 0 Å². The Kier molecular flexibility index (Phi) is 3.33. The summed E-state index contributed by atoms with van der Waals surface area (Å²) >= 11 is 0. The van der Waals surface area contributed by atoms with Gasteiger partial charge < -0.3 is 20.1 Å². The van der Waals surface area contributed by atoms with Crippen LogP contribution in [0.2, 0.25) is 0 Å². The summed E-state index contributed by atoms with van der Waals surface area (Å²) in [5.41, 5.74) is 3.08. The van der Waals surface area contributed by atoms with E-state index in [4.69, 9.17) is 4.74 Å². The van der Waals surface area contributed by atoms with E-state index < -0.39 is 0 Å². The highest BCUT2D eigenvalue weighted by atomic mass is 16.5. The molecule has 3 saturated carbocycles. The molecule has 0 aromatic carbocycles. The van der Waals surface area contributed by atoms with Crippen molar-refractivity contribution in [2.24, 2.45) is 5.41 Å². The van der Waals surface area contributed by atoms with Gasteiger partial charge in [-0.05, 0) is 62.8 Å². The van der Waals surface area contributed by atoms with Crippen LogP contribution < -0.4 is 5.32 Å². The van der Waals surface area contributed by atoms with E-state index in [9.17, 15) is 9.90 Å². The SMILES string of the molecule is O=C(N[C@@H]1C[C@@H](O)C12CCOCC2)c1cc(C2CC2)[nH]c1C1CC1. The van der Waals surface area contributed by atoms with E-state index >= 15 is 0 Å². The molecular formula is C19H26N2O3. The first-order valence-electron chi connectivity index (χ1n) is 9.47. The molecule has 5 heteroatoms. The van der Waals surface area contributed by atoms with Gasteiger partial charge in [0.2, 0.25) is 0 Å². The van der Waals surface area contributed by atoms with Crippen LogP contribution in [0.3, 0.4) is 0 Å². The second-order valence-electron chi connectivity index (χ2n) is 8.22. The maximum absolute atomic E-state index is 12.9. The van der Waals surface area contributed by atoms with Crippen molar-refractivity contribution in [3.8, 4) is 0 Å². The number of rotatable bonds is 4. The zero-order chi connectivity index (χ0) is 16.3. The average molecular weight is 330 g/mol. The predicted octanol–water partition coefficient (Wildman–Crippen LogP) is 2.43. The first-order chi connectivity index (χ1) is 11.7. The predicted molar refractivity (Wildman–Crippen MR) is 89.1 cm³/mol. The lowest BCUT2D eigenvalue weighted by Crippen LogP contribution is -2.65.